The van der Waals surface area contributed by atoms with Crippen LogP contribution in [0.25, 0.3) is 32.9 Å². The third kappa shape index (κ3) is 4.15. The summed E-state index contributed by atoms with van der Waals surface area (Å²) in [4.78, 5) is 23.7. The third-order valence-electron chi connectivity index (χ3n) is 7.21. The van der Waals surface area contributed by atoms with Crippen molar-refractivity contribution < 1.29 is 18.3 Å². The van der Waals surface area contributed by atoms with Crippen LogP contribution in [0, 0.1) is 13.8 Å². The van der Waals surface area contributed by atoms with Gasteiger partial charge in [-0.1, -0.05) is 35.9 Å². The molecule has 0 unspecified atom stereocenters. The van der Waals surface area contributed by atoms with Crippen LogP contribution in [0.4, 0.5) is 0 Å². The van der Waals surface area contributed by atoms with E-state index in [0.717, 1.165) is 16.7 Å². The number of likely N-dealkylation sites (N-methyl/N-ethyl adjacent to an activating group) is 1. The molecule has 4 heterocycles. The van der Waals surface area contributed by atoms with E-state index in [9.17, 15) is 18.3 Å². The minimum absolute atomic E-state index is 0.181. The minimum Gasteiger partial charge on any atom is -0.375 e. The summed E-state index contributed by atoms with van der Waals surface area (Å²) >= 11 is 1.39. The Bertz CT molecular complexity index is 1860. The van der Waals surface area contributed by atoms with Gasteiger partial charge in [-0.25, -0.2) is 22.4 Å². The molecule has 0 aliphatic carbocycles. The van der Waals surface area contributed by atoms with Crippen molar-refractivity contribution in [2.45, 2.75) is 30.8 Å². The topological polar surface area (TPSA) is 105 Å². The molecule has 1 fully saturated rings. The highest BCUT2D eigenvalue weighted by molar-refractivity contribution is 7.90. The number of fused-ring (bicyclic) bond motifs is 1. The number of aliphatic hydroxyl groups is 1. The van der Waals surface area contributed by atoms with Crippen LogP contribution < -0.4 is 0 Å². The number of likely N-dealkylation sites (tertiary alicyclic amines) is 1. The molecule has 1 aliphatic rings. The standard InChI is InChI=1S/C29H26N4O4S2/c1-18-7-9-22(10-8-18)39(36,37)33-16-24(23-13-19(2)15-30-26(23)33)27-31-25(17-38-27)20-5-4-6-21(14-20)29(35)11-12-32(3)28(29)34/h4-10,13-17,35H,11-12H2,1-3H3/t29-/m1/s1. The maximum atomic E-state index is 13.6. The Morgan fingerprint density at radius 3 is 2.54 bits per heavy atom. The Morgan fingerprint density at radius 1 is 1.05 bits per heavy atom. The molecule has 6 rings (SSSR count). The summed E-state index contributed by atoms with van der Waals surface area (Å²) in [6.45, 7) is 4.31. The Hall–Kier alpha value is -3.86. The quantitative estimate of drug-likeness (QED) is 0.334. The summed E-state index contributed by atoms with van der Waals surface area (Å²) in [7, 11) is -2.21. The summed E-state index contributed by atoms with van der Waals surface area (Å²) in [5.74, 6) is -0.316. The lowest BCUT2D eigenvalue weighted by Crippen LogP contribution is -2.36. The van der Waals surface area contributed by atoms with Gasteiger partial charge in [0, 0.05) is 54.3 Å². The van der Waals surface area contributed by atoms with Crippen LogP contribution in [0.5, 0.6) is 0 Å². The average Bonchev–Trinajstić information content (AvgIpc) is 3.63. The smallest absolute Gasteiger partial charge is 0.269 e. The van der Waals surface area contributed by atoms with Crippen LogP contribution in [0.2, 0.25) is 0 Å². The van der Waals surface area contributed by atoms with E-state index in [1.54, 1.807) is 61.9 Å². The van der Waals surface area contributed by atoms with Gasteiger partial charge < -0.3 is 10.0 Å². The lowest BCUT2D eigenvalue weighted by Gasteiger charge is -2.21. The molecule has 1 amide bonds. The zero-order valence-corrected chi connectivity index (χ0v) is 23.3. The van der Waals surface area contributed by atoms with Crippen LogP contribution in [-0.2, 0) is 20.4 Å². The molecule has 0 bridgehead atoms. The van der Waals surface area contributed by atoms with Gasteiger partial charge in [-0.3, -0.25) is 4.79 Å². The first-order valence-corrected chi connectivity index (χ1v) is 14.7. The minimum atomic E-state index is -3.89. The molecule has 1 saturated heterocycles. The lowest BCUT2D eigenvalue weighted by molar-refractivity contribution is -0.143. The number of pyridine rings is 1. The largest absolute Gasteiger partial charge is 0.375 e. The highest BCUT2D eigenvalue weighted by Gasteiger charge is 2.45. The number of amides is 1. The van der Waals surface area contributed by atoms with E-state index in [1.807, 2.05) is 31.4 Å². The summed E-state index contributed by atoms with van der Waals surface area (Å²) in [6.07, 6.45) is 3.56. The van der Waals surface area contributed by atoms with Crippen LogP contribution in [0.15, 0.2) is 77.3 Å². The van der Waals surface area contributed by atoms with E-state index in [0.29, 0.717) is 45.8 Å². The number of benzene rings is 2. The average molecular weight is 559 g/mol. The van der Waals surface area contributed by atoms with E-state index < -0.39 is 15.6 Å². The van der Waals surface area contributed by atoms with E-state index in [4.69, 9.17) is 4.98 Å². The van der Waals surface area contributed by atoms with Gasteiger partial charge in [0.1, 0.15) is 5.01 Å². The fraction of sp³-hybridized carbons (Fsp3) is 0.207. The Kier molecular flexibility index (Phi) is 5.94. The second-order valence-electron chi connectivity index (χ2n) is 10.00. The van der Waals surface area contributed by atoms with Crippen LogP contribution in [0.3, 0.4) is 0 Å². The number of aromatic nitrogens is 3. The zero-order valence-electron chi connectivity index (χ0n) is 21.6. The van der Waals surface area contributed by atoms with Gasteiger partial charge >= 0.3 is 0 Å². The van der Waals surface area contributed by atoms with E-state index in [2.05, 4.69) is 4.98 Å². The highest BCUT2D eigenvalue weighted by atomic mass is 32.2. The first-order chi connectivity index (χ1) is 18.6. The van der Waals surface area contributed by atoms with Crippen LogP contribution in [-0.4, -0.2) is 51.9 Å². The van der Waals surface area contributed by atoms with Gasteiger partial charge in [0.05, 0.1) is 10.6 Å². The van der Waals surface area contributed by atoms with Crippen molar-refractivity contribution >= 4 is 38.3 Å². The monoisotopic (exact) mass is 558 g/mol. The molecule has 0 spiro atoms. The van der Waals surface area contributed by atoms with Crippen molar-refractivity contribution in [2.75, 3.05) is 13.6 Å². The molecule has 8 nitrogen and oxygen atoms in total. The van der Waals surface area contributed by atoms with Gasteiger partial charge in [0.15, 0.2) is 11.2 Å². The highest BCUT2D eigenvalue weighted by Crippen LogP contribution is 2.38. The number of hydrogen-bond donors (Lipinski definition) is 1. The maximum Gasteiger partial charge on any atom is 0.269 e. The van der Waals surface area contributed by atoms with E-state index in [1.165, 1.54) is 20.2 Å². The fourth-order valence-electron chi connectivity index (χ4n) is 4.95. The Balaban J connectivity index is 1.44. The molecular weight excluding hydrogens is 532 g/mol. The van der Waals surface area contributed by atoms with E-state index in [-0.39, 0.29) is 10.8 Å². The number of rotatable bonds is 5. The van der Waals surface area contributed by atoms with Crippen molar-refractivity contribution in [3.63, 3.8) is 0 Å². The number of hydrogen-bond acceptors (Lipinski definition) is 7. The number of thiazole rings is 1. The third-order valence-corrected chi connectivity index (χ3v) is 9.75. The molecule has 10 heteroatoms. The normalized spacial score (nSPS) is 17.8. The lowest BCUT2D eigenvalue weighted by atomic mass is 9.90. The molecule has 1 aliphatic heterocycles. The van der Waals surface area contributed by atoms with Crippen molar-refractivity contribution in [2.24, 2.45) is 0 Å². The summed E-state index contributed by atoms with van der Waals surface area (Å²) in [5.41, 5.74) is 3.28. The zero-order chi connectivity index (χ0) is 27.5. The second-order valence-corrected chi connectivity index (χ2v) is 12.7. The summed E-state index contributed by atoms with van der Waals surface area (Å²) < 4.78 is 28.4. The number of carbonyl (C=O) groups is 1. The van der Waals surface area contributed by atoms with Crippen LogP contribution in [0.1, 0.15) is 23.1 Å². The number of aryl methyl sites for hydroxylation is 2. The molecular formula is C29H26N4O4S2. The van der Waals surface area contributed by atoms with Crippen molar-refractivity contribution in [3.05, 3.63) is 89.1 Å². The molecule has 0 radical (unpaired) electrons. The molecule has 39 heavy (non-hydrogen) atoms. The Morgan fingerprint density at radius 2 is 1.82 bits per heavy atom. The molecule has 0 saturated carbocycles. The number of carbonyl (C=O) groups excluding carboxylic acids is 1. The van der Waals surface area contributed by atoms with Gasteiger partial charge in [-0.05, 0) is 49.2 Å². The van der Waals surface area contributed by atoms with Gasteiger partial charge in [0.2, 0.25) is 0 Å². The SMILES string of the molecule is Cc1ccc(S(=O)(=O)n2cc(-c3nc(-c4cccc([C@]5(O)CCN(C)C5=O)c4)cs3)c3cc(C)cnc32)cc1. The molecule has 2 aromatic carbocycles. The van der Waals surface area contributed by atoms with Crippen molar-refractivity contribution in [1.29, 1.82) is 0 Å². The molecule has 3 aromatic heterocycles. The number of nitrogens with zero attached hydrogens (tertiary/aromatic N) is 4. The molecule has 1 N–H and O–H groups in total. The van der Waals surface area contributed by atoms with Gasteiger partial charge in [0.25, 0.3) is 15.9 Å². The van der Waals surface area contributed by atoms with Gasteiger partial charge in [-0.15, -0.1) is 11.3 Å². The van der Waals surface area contributed by atoms with Crippen molar-refractivity contribution in [1.82, 2.24) is 18.8 Å². The fourth-order valence-corrected chi connectivity index (χ4v) is 7.13. The maximum absolute atomic E-state index is 13.6. The summed E-state index contributed by atoms with van der Waals surface area (Å²) in [5, 5.41) is 14.3. The Labute approximate surface area is 230 Å². The van der Waals surface area contributed by atoms with E-state index >= 15 is 0 Å². The van der Waals surface area contributed by atoms with Crippen LogP contribution >= 0.6 is 11.3 Å². The van der Waals surface area contributed by atoms with Crippen molar-refractivity contribution in [3.8, 4) is 21.8 Å². The summed E-state index contributed by atoms with van der Waals surface area (Å²) in [6, 6.07) is 15.9. The molecule has 5 aromatic rings. The molecule has 198 valence electrons. The first kappa shape index (κ1) is 25.4. The molecule has 1 atom stereocenters. The predicted octanol–water partition coefficient (Wildman–Crippen LogP) is 4.73. The predicted molar refractivity (Wildman–Crippen MR) is 151 cm³/mol. The first-order valence-electron chi connectivity index (χ1n) is 12.4. The van der Waals surface area contributed by atoms with Gasteiger partial charge in [-0.2, -0.15) is 0 Å². The second kappa shape index (κ2) is 9.11.